The van der Waals surface area contributed by atoms with Crippen LogP contribution >= 0.6 is 0 Å². The second-order valence-electron chi connectivity index (χ2n) is 5.51. The third-order valence-corrected chi connectivity index (χ3v) is 3.86. The van der Waals surface area contributed by atoms with Crippen molar-refractivity contribution >= 4 is 5.69 Å². The largest absolute Gasteiger partial charge is 0.391 e. The minimum Gasteiger partial charge on any atom is -0.391 e. The van der Waals surface area contributed by atoms with Crippen molar-refractivity contribution in [2.75, 3.05) is 24.5 Å². The summed E-state index contributed by atoms with van der Waals surface area (Å²) in [4.78, 5) is 2.28. The van der Waals surface area contributed by atoms with Crippen LogP contribution in [0.5, 0.6) is 0 Å². The molecule has 19 heavy (non-hydrogen) atoms. The average Bonchev–Trinajstić information content (AvgIpc) is 2.45. The summed E-state index contributed by atoms with van der Waals surface area (Å²) in [6, 6.07) is 9.16. The lowest BCUT2D eigenvalue weighted by Gasteiger charge is -2.32. The molecule has 1 heterocycles. The molecule has 1 fully saturated rings. The van der Waals surface area contributed by atoms with Crippen LogP contribution in [0.15, 0.2) is 24.3 Å². The highest BCUT2D eigenvalue weighted by molar-refractivity contribution is 5.48. The summed E-state index contributed by atoms with van der Waals surface area (Å²) >= 11 is 0. The molecular weight excluding hydrogens is 236 g/mol. The summed E-state index contributed by atoms with van der Waals surface area (Å²) in [5, 5.41) is 13.2. The van der Waals surface area contributed by atoms with E-state index >= 15 is 0 Å². The Hall–Kier alpha value is -1.06. The second kappa shape index (κ2) is 6.92. The molecule has 0 amide bonds. The highest BCUT2D eigenvalue weighted by Gasteiger charge is 2.17. The molecule has 0 aliphatic carbocycles. The predicted molar refractivity (Wildman–Crippen MR) is 80.6 cm³/mol. The van der Waals surface area contributed by atoms with Gasteiger partial charge < -0.3 is 15.3 Å². The normalized spacial score (nSPS) is 21.4. The van der Waals surface area contributed by atoms with E-state index in [1.807, 2.05) is 0 Å². The number of hydrogen-bond acceptors (Lipinski definition) is 3. The van der Waals surface area contributed by atoms with Crippen LogP contribution in [-0.2, 0) is 0 Å². The summed E-state index contributed by atoms with van der Waals surface area (Å²) in [5.41, 5.74) is 2.56. The number of piperidine rings is 1. The molecule has 1 aliphatic rings. The summed E-state index contributed by atoms with van der Waals surface area (Å²) in [6.07, 6.45) is 3.01. The number of benzene rings is 1. The molecule has 3 nitrogen and oxygen atoms in total. The Labute approximate surface area is 116 Å². The number of hydrogen-bond donors (Lipinski definition) is 2. The van der Waals surface area contributed by atoms with Crippen molar-refractivity contribution in [3.8, 4) is 0 Å². The number of rotatable bonds is 5. The highest BCUT2D eigenvalue weighted by Crippen LogP contribution is 2.22. The maximum absolute atomic E-state index is 9.73. The molecule has 1 aliphatic heterocycles. The van der Waals surface area contributed by atoms with E-state index < -0.39 is 0 Å². The molecule has 2 atom stereocenters. The monoisotopic (exact) mass is 262 g/mol. The Bertz CT molecular complexity index is 377. The lowest BCUT2D eigenvalue weighted by molar-refractivity contribution is 0.154. The number of aliphatic hydroxyl groups excluding tert-OH is 1. The molecule has 0 saturated carbocycles. The van der Waals surface area contributed by atoms with Crippen LogP contribution in [0, 0.1) is 0 Å². The number of anilines is 1. The van der Waals surface area contributed by atoms with Gasteiger partial charge in [-0.05, 0) is 50.4 Å². The fourth-order valence-electron chi connectivity index (χ4n) is 2.64. The van der Waals surface area contributed by atoms with Gasteiger partial charge in [-0.1, -0.05) is 19.1 Å². The number of aliphatic hydroxyl groups is 1. The van der Waals surface area contributed by atoms with Gasteiger partial charge in [-0.3, -0.25) is 0 Å². The SMILES string of the molecule is CCCNC(C)c1ccc(N2CCCC(O)C2)cc1. The molecule has 0 spiro atoms. The first-order valence-electron chi connectivity index (χ1n) is 7.47. The molecule has 1 aromatic carbocycles. The summed E-state index contributed by atoms with van der Waals surface area (Å²) in [7, 11) is 0. The Morgan fingerprint density at radius 1 is 1.37 bits per heavy atom. The maximum atomic E-state index is 9.73. The third kappa shape index (κ3) is 3.95. The Morgan fingerprint density at radius 2 is 2.11 bits per heavy atom. The molecule has 0 radical (unpaired) electrons. The van der Waals surface area contributed by atoms with Gasteiger partial charge in [0.05, 0.1) is 6.10 Å². The summed E-state index contributed by atoms with van der Waals surface area (Å²) in [6.45, 7) is 7.27. The molecule has 2 unspecified atom stereocenters. The Kier molecular flexibility index (Phi) is 5.23. The van der Waals surface area contributed by atoms with Gasteiger partial charge in [0.1, 0.15) is 0 Å². The van der Waals surface area contributed by atoms with E-state index in [0.717, 1.165) is 38.9 Å². The maximum Gasteiger partial charge on any atom is 0.0715 e. The zero-order chi connectivity index (χ0) is 13.7. The van der Waals surface area contributed by atoms with Crippen molar-refractivity contribution in [3.05, 3.63) is 29.8 Å². The first kappa shape index (κ1) is 14.4. The van der Waals surface area contributed by atoms with Gasteiger partial charge in [-0.25, -0.2) is 0 Å². The average molecular weight is 262 g/mol. The second-order valence-corrected chi connectivity index (χ2v) is 5.51. The van der Waals surface area contributed by atoms with Gasteiger partial charge in [0.25, 0.3) is 0 Å². The van der Waals surface area contributed by atoms with Crippen LogP contribution < -0.4 is 10.2 Å². The van der Waals surface area contributed by atoms with Crippen molar-refractivity contribution in [1.82, 2.24) is 5.32 Å². The molecule has 0 bridgehead atoms. The lowest BCUT2D eigenvalue weighted by Crippen LogP contribution is -2.38. The van der Waals surface area contributed by atoms with E-state index in [4.69, 9.17) is 0 Å². The first-order chi connectivity index (χ1) is 9.20. The first-order valence-corrected chi connectivity index (χ1v) is 7.47. The highest BCUT2D eigenvalue weighted by atomic mass is 16.3. The van der Waals surface area contributed by atoms with E-state index in [9.17, 15) is 5.11 Å². The van der Waals surface area contributed by atoms with Gasteiger partial charge in [-0.15, -0.1) is 0 Å². The summed E-state index contributed by atoms with van der Waals surface area (Å²) in [5.74, 6) is 0. The number of nitrogens with zero attached hydrogens (tertiary/aromatic N) is 1. The zero-order valence-corrected chi connectivity index (χ0v) is 12.1. The lowest BCUT2D eigenvalue weighted by atomic mass is 10.0. The molecule has 2 rings (SSSR count). The predicted octanol–water partition coefficient (Wildman–Crippen LogP) is 2.71. The zero-order valence-electron chi connectivity index (χ0n) is 12.1. The smallest absolute Gasteiger partial charge is 0.0715 e. The molecule has 2 N–H and O–H groups in total. The fraction of sp³-hybridized carbons (Fsp3) is 0.625. The van der Waals surface area contributed by atoms with Gasteiger partial charge >= 0.3 is 0 Å². The van der Waals surface area contributed by atoms with Crippen molar-refractivity contribution < 1.29 is 5.11 Å². The van der Waals surface area contributed by atoms with E-state index in [-0.39, 0.29) is 6.10 Å². The van der Waals surface area contributed by atoms with Gasteiger partial charge in [0, 0.05) is 24.8 Å². The quantitative estimate of drug-likeness (QED) is 0.856. The fourth-order valence-corrected chi connectivity index (χ4v) is 2.64. The topological polar surface area (TPSA) is 35.5 Å². The standard InChI is InChI=1S/C16H26N2O/c1-3-10-17-13(2)14-6-8-15(9-7-14)18-11-4-5-16(19)12-18/h6-9,13,16-17,19H,3-5,10-12H2,1-2H3. The van der Waals surface area contributed by atoms with Crippen LogP contribution in [0.1, 0.15) is 44.7 Å². The Balaban J connectivity index is 1.97. The van der Waals surface area contributed by atoms with Crippen molar-refractivity contribution in [3.63, 3.8) is 0 Å². The van der Waals surface area contributed by atoms with Crippen LogP contribution in [-0.4, -0.2) is 30.8 Å². The molecule has 3 heteroatoms. The third-order valence-electron chi connectivity index (χ3n) is 3.86. The van der Waals surface area contributed by atoms with E-state index in [0.29, 0.717) is 6.04 Å². The van der Waals surface area contributed by atoms with Gasteiger partial charge in [0.15, 0.2) is 0 Å². The summed E-state index contributed by atoms with van der Waals surface area (Å²) < 4.78 is 0. The molecule has 1 saturated heterocycles. The molecule has 1 aromatic rings. The van der Waals surface area contributed by atoms with E-state index in [1.54, 1.807) is 0 Å². The van der Waals surface area contributed by atoms with Crippen LogP contribution in [0.4, 0.5) is 5.69 Å². The van der Waals surface area contributed by atoms with Crippen LogP contribution in [0.3, 0.4) is 0 Å². The van der Waals surface area contributed by atoms with Crippen molar-refractivity contribution in [2.24, 2.45) is 0 Å². The molecular formula is C16H26N2O. The van der Waals surface area contributed by atoms with E-state index in [1.165, 1.54) is 11.3 Å². The van der Waals surface area contributed by atoms with Crippen LogP contribution in [0.2, 0.25) is 0 Å². The van der Waals surface area contributed by atoms with E-state index in [2.05, 4.69) is 48.3 Å². The van der Waals surface area contributed by atoms with Crippen molar-refractivity contribution in [1.29, 1.82) is 0 Å². The van der Waals surface area contributed by atoms with Gasteiger partial charge in [0.2, 0.25) is 0 Å². The Morgan fingerprint density at radius 3 is 2.74 bits per heavy atom. The molecule has 106 valence electrons. The minimum absolute atomic E-state index is 0.168. The van der Waals surface area contributed by atoms with Crippen molar-refractivity contribution in [2.45, 2.75) is 45.3 Å². The minimum atomic E-state index is -0.168. The molecule has 0 aromatic heterocycles. The number of β-amino-alcohol motifs (C(OH)–C–C–N with tert-alkyl or cyclic N) is 1. The van der Waals surface area contributed by atoms with Gasteiger partial charge in [-0.2, -0.15) is 0 Å². The van der Waals surface area contributed by atoms with Crippen LogP contribution in [0.25, 0.3) is 0 Å². The number of nitrogens with one attached hydrogen (secondary N) is 1.